The summed E-state index contributed by atoms with van der Waals surface area (Å²) in [6.45, 7) is 4.51. The fraction of sp³-hybridized carbons (Fsp3) is 1.00. The van der Waals surface area contributed by atoms with Gasteiger partial charge in [-0.1, -0.05) is 0 Å². The van der Waals surface area contributed by atoms with Crippen molar-refractivity contribution in [2.45, 2.75) is 19.1 Å². The Morgan fingerprint density at radius 2 is 1.62 bits per heavy atom. The van der Waals surface area contributed by atoms with Gasteiger partial charge in [0.1, 0.15) is 0 Å². The maximum atomic E-state index is 4.85. The Balaban J connectivity index is 0. The Morgan fingerprint density at radius 1 is 1.50 bits per heavy atom. The van der Waals surface area contributed by atoms with Crippen LogP contribution < -0.4 is 0 Å². The van der Waals surface area contributed by atoms with Gasteiger partial charge in [-0.05, 0) is 0 Å². The minimum absolute atomic E-state index is 0.306. The molecule has 0 fully saturated rings. The molecule has 0 saturated heterocycles. The third-order valence-corrected chi connectivity index (χ3v) is 3.00. The average molecular weight is 232 g/mol. The molecule has 0 amide bonds. The minimum atomic E-state index is -0.306. The molecule has 0 bridgehead atoms. The van der Waals surface area contributed by atoms with Gasteiger partial charge < -0.3 is 0 Å². The van der Waals surface area contributed by atoms with Crippen molar-refractivity contribution in [3.05, 3.63) is 0 Å². The second-order valence-corrected chi connectivity index (χ2v) is 5.12. The second kappa shape index (κ2) is 11.2. The monoisotopic (exact) mass is 232 g/mol. The predicted octanol–water partition coefficient (Wildman–Crippen LogP) is 1.42. The van der Waals surface area contributed by atoms with Crippen LogP contribution in [0.3, 0.4) is 0 Å². The van der Waals surface area contributed by atoms with Crippen molar-refractivity contribution in [1.29, 1.82) is 0 Å². The van der Waals surface area contributed by atoms with Crippen LogP contribution in [0, 0.1) is 5.92 Å². The van der Waals surface area contributed by atoms with Crippen molar-refractivity contribution < 1.29 is 0 Å². The van der Waals surface area contributed by atoms with Crippen LogP contribution in [0.2, 0.25) is 5.25 Å². The molecule has 0 unspecified atom stereocenters. The zero-order valence-corrected chi connectivity index (χ0v) is 11.0. The van der Waals surface area contributed by atoms with E-state index >= 15 is 0 Å². The molecule has 0 nitrogen and oxygen atoms in total. The standard InChI is InChI=1S/C4H11Ge.Cl2HSi/c1-4(2)3-5;1-3-2/h4H,3,5H2,1-2H3;3H. The Kier molecular flexibility index (Phi) is 16.8. The summed E-state index contributed by atoms with van der Waals surface area (Å²) in [6.07, 6.45) is 0. The summed E-state index contributed by atoms with van der Waals surface area (Å²) in [5.74, 6) is 0.940. The van der Waals surface area contributed by atoms with Crippen LogP contribution >= 0.6 is 22.2 Å². The van der Waals surface area contributed by atoms with Crippen LogP contribution in [0.5, 0.6) is 0 Å². The van der Waals surface area contributed by atoms with Crippen LogP contribution in [0.4, 0.5) is 0 Å². The molecule has 0 aliphatic carbocycles. The van der Waals surface area contributed by atoms with Gasteiger partial charge in [0.2, 0.25) is 0 Å². The van der Waals surface area contributed by atoms with E-state index in [1.807, 2.05) is 0 Å². The summed E-state index contributed by atoms with van der Waals surface area (Å²) in [7, 11) is -0.306. The van der Waals surface area contributed by atoms with E-state index in [1.165, 1.54) is 21.8 Å². The molecule has 8 heavy (non-hydrogen) atoms. The maximum Gasteiger partial charge on any atom is 0.256 e. The molecule has 0 aliphatic rings. The Bertz CT molecular complexity index is 35.2. The third-order valence-electron chi connectivity index (χ3n) is 0.577. The fourth-order valence-electron chi connectivity index (χ4n) is 0. The second-order valence-electron chi connectivity index (χ2n) is 1.77. The summed E-state index contributed by atoms with van der Waals surface area (Å²) in [5, 5.41) is 1.43. The molecule has 0 atom stereocenters. The van der Waals surface area contributed by atoms with Gasteiger partial charge in [-0.15, -0.1) is 0 Å². The van der Waals surface area contributed by atoms with Crippen molar-refractivity contribution in [3.8, 4) is 0 Å². The van der Waals surface area contributed by atoms with E-state index in [4.69, 9.17) is 22.2 Å². The molecule has 0 aromatic heterocycles. The quantitative estimate of drug-likeness (QED) is 0.473. The molecule has 0 N–H and O–H groups in total. The van der Waals surface area contributed by atoms with Gasteiger partial charge in [0.25, 0.3) is 8.14 Å². The molecule has 4 heteroatoms. The molecule has 0 aliphatic heterocycles. The van der Waals surface area contributed by atoms with Crippen LogP contribution in [-0.4, -0.2) is 24.7 Å². The largest absolute Gasteiger partial charge is 0.256 e. The van der Waals surface area contributed by atoms with E-state index in [9.17, 15) is 0 Å². The van der Waals surface area contributed by atoms with Gasteiger partial charge in [0.05, 0.1) is 0 Å². The van der Waals surface area contributed by atoms with Gasteiger partial charge in [0, 0.05) is 0 Å². The van der Waals surface area contributed by atoms with Gasteiger partial charge in [-0.3, -0.25) is 0 Å². The molecule has 0 heterocycles. The van der Waals surface area contributed by atoms with E-state index in [2.05, 4.69) is 13.8 Å². The van der Waals surface area contributed by atoms with Gasteiger partial charge >= 0.3 is 41.5 Å². The average Bonchev–Trinajstić information content (AvgIpc) is 1.69. The van der Waals surface area contributed by atoms with Crippen molar-refractivity contribution in [3.63, 3.8) is 0 Å². The van der Waals surface area contributed by atoms with Crippen molar-refractivity contribution >= 4 is 46.8 Å². The third kappa shape index (κ3) is 26.4. The summed E-state index contributed by atoms with van der Waals surface area (Å²) in [5.41, 5.74) is 0. The predicted molar refractivity (Wildman–Crippen MR) is 47.0 cm³/mol. The van der Waals surface area contributed by atoms with Crippen LogP contribution in [-0.2, 0) is 0 Å². The number of halogens is 2. The molecular weight excluding hydrogens is 220 g/mol. The molecule has 0 rings (SSSR count). The summed E-state index contributed by atoms with van der Waals surface area (Å²) in [4.78, 5) is 0. The van der Waals surface area contributed by atoms with Crippen molar-refractivity contribution in [2.24, 2.45) is 5.92 Å². The smallest absolute Gasteiger partial charge is 0.151 e. The van der Waals surface area contributed by atoms with Gasteiger partial charge in [0.15, 0.2) is 0 Å². The number of hydrogen-bond donors (Lipinski definition) is 0. The normalized spacial score (nSPS) is 8.25. The Labute approximate surface area is 71.8 Å². The van der Waals surface area contributed by atoms with Crippen LogP contribution in [0.15, 0.2) is 0 Å². The molecule has 2 radical (unpaired) electrons. The first-order valence-electron chi connectivity index (χ1n) is 2.50. The molecule has 0 aromatic rings. The van der Waals surface area contributed by atoms with E-state index in [0.29, 0.717) is 0 Å². The van der Waals surface area contributed by atoms with Gasteiger partial charge in [-0.25, -0.2) is 0 Å². The van der Waals surface area contributed by atoms with Crippen LogP contribution in [0.25, 0.3) is 0 Å². The first kappa shape index (κ1) is 12.1. The SMILES string of the molecule is CC(C)[CH2][GeH2].Cl[SiH]Cl. The summed E-state index contributed by atoms with van der Waals surface area (Å²) >= 11 is 11.2. The maximum absolute atomic E-state index is 4.85. The van der Waals surface area contributed by atoms with Crippen molar-refractivity contribution in [1.82, 2.24) is 0 Å². The van der Waals surface area contributed by atoms with E-state index < -0.39 is 0 Å². The Morgan fingerprint density at radius 3 is 1.62 bits per heavy atom. The first-order chi connectivity index (χ1) is 3.68. The van der Waals surface area contributed by atoms with Crippen molar-refractivity contribution in [2.75, 3.05) is 0 Å². The van der Waals surface area contributed by atoms with Crippen LogP contribution in [0.1, 0.15) is 13.8 Å². The number of hydrogen-bond acceptors (Lipinski definition) is 0. The summed E-state index contributed by atoms with van der Waals surface area (Å²) < 4.78 is 0. The molecular formula is C4H12Cl2GeSi. The molecule has 50 valence electrons. The first-order valence-corrected chi connectivity index (χ1v) is 8.09. The molecule has 0 spiro atoms. The Hall–Kier alpha value is 1.34. The van der Waals surface area contributed by atoms with Gasteiger partial charge in [-0.2, -0.15) is 22.2 Å². The zero-order valence-electron chi connectivity index (χ0n) is 5.32. The summed E-state index contributed by atoms with van der Waals surface area (Å²) in [6, 6.07) is 0. The topological polar surface area (TPSA) is 0 Å². The fourth-order valence-corrected chi connectivity index (χ4v) is 0. The molecule has 0 aromatic carbocycles. The van der Waals surface area contributed by atoms with E-state index in [0.717, 1.165) is 5.92 Å². The minimum Gasteiger partial charge on any atom is -0.151 e. The zero-order chi connectivity index (χ0) is 6.99. The molecule has 0 saturated carbocycles. The number of rotatable bonds is 1. The van der Waals surface area contributed by atoms with E-state index in [-0.39, 0.29) is 8.14 Å². The van der Waals surface area contributed by atoms with E-state index in [1.54, 1.807) is 0 Å².